The van der Waals surface area contributed by atoms with Gasteiger partial charge in [0, 0.05) is 60.6 Å². The van der Waals surface area contributed by atoms with Gasteiger partial charge in [-0.25, -0.2) is 4.98 Å². The number of carbonyl (C=O) groups is 1. The lowest BCUT2D eigenvalue weighted by Gasteiger charge is -2.35. The molecule has 0 spiro atoms. The van der Waals surface area contributed by atoms with E-state index in [0.717, 1.165) is 48.0 Å². The van der Waals surface area contributed by atoms with Crippen LogP contribution in [0.2, 0.25) is 0 Å². The summed E-state index contributed by atoms with van der Waals surface area (Å²) in [7, 11) is 2.16. The maximum Gasteiger partial charge on any atom is 0.251 e. The number of thiazole rings is 1. The second-order valence-electron chi connectivity index (χ2n) is 7.47. The van der Waals surface area contributed by atoms with E-state index in [9.17, 15) is 4.79 Å². The number of benzene rings is 2. The molecule has 1 fully saturated rings. The van der Waals surface area contributed by atoms with Gasteiger partial charge in [-0.2, -0.15) is 0 Å². The minimum Gasteiger partial charge on any atom is -0.369 e. The molecule has 1 aromatic heterocycles. The second-order valence-corrected chi connectivity index (χ2v) is 8.33. The third kappa shape index (κ3) is 4.66. The highest BCUT2D eigenvalue weighted by atomic mass is 32.1. The summed E-state index contributed by atoms with van der Waals surface area (Å²) >= 11 is 1.62. The first-order chi connectivity index (χ1) is 14.1. The maximum atomic E-state index is 12.7. The Labute approximate surface area is 176 Å². The number of amides is 1. The van der Waals surface area contributed by atoms with Gasteiger partial charge >= 0.3 is 0 Å². The monoisotopic (exact) mass is 406 g/mol. The van der Waals surface area contributed by atoms with Crippen LogP contribution < -0.4 is 10.2 Å². The highest BCUT2D eigenvalue weighted by Gasteiger charge is 2.17. The van der Waals surface area contributed by atoms with E-state index in [2.05, 4.69) is 45.3 Å². The number of aromatic nitrogens is 1. The smallest absolute Gasteiger partial charge is 0.251 e. The van der Waals surface area contributed by atoms with Crippen molar-refractivity contribution >= 4 is 22.9 Å². The van der Waals surface area contributed by atoms with Gasteiger partial charge in [-0.3, -0.25) is 4.79 Å². The van der Waals surface area contributed by atoms with Crippen LogP contribution in [-0.4, -0.2) is 49.0 Å². The summed E-state index contributed by atoms with van der Waals surface area (Å²) in [5.74, 6) is -0.0555. The summed E-state index contributed by atoms with van der Waals surface area (Å²) in [6.07, 6.45) is 0. The van der Waals surface area contributed by atoms with Crippen LogP contribution in [0.1, 0.15) is 21.6 Å². The quantitative estimate of drug-likeness (QED) is 0.700. The summed E-state index contributed by atoms with van der Waals surface area (Å²) < 4.78 is 0. The van der Waals surface area contributed by atoms with E-state index in [1.165, 1.54) is 5.69 Å². The first-order valence-electron chi connectivity index (χ1n) is 9.92. The molecule has 1 saturated heterocycles. The molecule has 1 aliphatic heterocycles. The van der Waals surface area contributed by atoms with Gasteiger partial charge in [0.25, 0.3) is 5.91 Å². The van der Waals surface area contributed by atoms with E-state index in [1.807, 2.05) is 42.6 Å². The zero-order chi connectivity index (χ0) is 20.2. The van der Waals surface area contributed by atoms with Crippen LogP contribution >= 0.6 is 11.3 Å². The van der Waals surface area contributed by atoms with Crippen molar-refractivity contribution in [2.24, 2.45) is 0 Å². The number of nitrogens with one attached hydrogen (secondary N) is 1. The average molecular weight is 407 g/mol. The number of para-hydroxylation sites is 1. The molecule has 3 aromatic rings. The Morgan fingerprint density at radius 2 is 1.79 bits per heavy atom. The molecule has 29 heavy (non-hydrogen) atoms. The summed E-state index contributed by atoms with van der Waals surface area (Å²) in [4.78, 5) is 21.9. The van der Waals surface area contributed by atoms with Gasteiger partial charge < -0.3 is 15.1 Å². The summed E-state index contributed by atoms with van der Waals surface area (Å²) in [5, 5.41) is 6.10. The molecule has 2 aromatic carbocycles. The van der Waals surface area contributed by atoms with Gasteiger partial charge in [0.2, 0.25) is 0 Å². The number of hydrogen-bond acceptors (Lipinski definition) is 5. The first-order valence-corrected chi connectivity index (χ1v) is 10.8. The number of hydrogen-bond donors (Lipinski definition) is 1. The molecule has 1 aliphatic rings. The largest absolute Gasteiger partial charge is 0.369 e. The zero-order valence-electron chi connectivity index (χ0n) is 16.9. The first kappa shape index (κ1) is 19.6. The summed E-state index contributed by atoms with van der Waals surface area (Å²) in [5.41, 5.74) is 5.10. The van der Waals surface area contributed by atoms with E-state index >= 15 is 0 Å². The number of aryl methyl sites for hydroxylation is 1. The predicted molar refractivity (Wildman–Crippen MR) is 120 cm³/mol. The number of anilines is 1. The maximum absolute atomic E-state index is 12.7. The van der Waals surface area contributed by atoms with Crippen molar-refractivity contribution in [3.8, 4) is 10.6 Å². The van der Waals surface area contributed by atoms with Gasteiger partial charge in [0.1, 0.15) is 5.01 Å². The van der Waals surface area contributed by atoms with Crippen LogP contribution in [0, 0.1) is 6.92 Å². The predicted octanol–water partition coefficient (Wildman–Crippen LogP) is 3.80. The Morgan fingerprint density at radius 3 is 2.48 bits per heavy atom. The molecule has 0 unspecified atom stereocenters. The van der Waals surface area contributed by atoms with Gasteiger partial charge in [-0.05, 0) is 37.7 Å². The normalized spacial score (nSPS) is 14.8. The third-order valence-corrected chi connectivity index (χ3v) is 6.30. The van der Waals surface area contributed by atoms with E-state index in [-0.39, 0.29) is 5.91 Å². The average Bonchev–Trinajstić information content (AvgIpc) is 3.19. The third-order valence-electron chi connectivity index (χ3n) is 5.29. The molecule has 2 heterocycles. The molecule has 0 radical (unpaired) electrons. The molecule has 0 atom stereocenters. The lowest BCUT2D eigenvalue weighted by atomic mass is 10.1. The van der Waals surface area contributed by atoms with Crippen LogP contribution in [0.15, 0.2) is 53.9 Å². The molecule has 0 aliphatic carbocycles. The van der Waals surface area contributed by atoms with Crippen LogP contribution in [0.3, 0.4) is 0 Å². The molecule has 0 bridgehead atoms. The summed E-state index contributed by atoms with van der Waals surface area (Å²) in [6, 6.07) is 16.0. The van der Waals surface area contributed by atoms with E-state index in [4.69, 9.17) is 0 Å². The van der Waals surface area contributed by atoms with Gasteiger partial charge in [0.15, 0.2) is 0 Å². The SMILES string of the molecule is Cc1csc(-c2ccc(C(=O)NCc3ccccc3N3CCN(C)CC3)cc2)n1. The molecular weight excluding hydrogens is 380 g/mol. The number of rotatable bonds is 5. The van der Waals surface area contributed by atoms with Crippen molar-refractivity contribution in [3.63, 3.8) is 0 Å². The molecule has 6 heteroatoms. The molecule has 5 nitrogen and oxygen atoms in total. The number of carbonyl (C=O) groups excluding carboxylic acids is 1. The molecule has 150 valence electrons. The molecule has 1 amide bonds. The van der Waals surface area contributed by atoms with Gasteiger partial charge in [0.05, 0.1) is 0 Å². The molecule has 1 N–H and O–H groups in total. The van der Waals surface area contributed by atoms with Crippen molar-refractivity contribution in [2.75, 3.05) is 38.1 Å². The van der Waals surface area contributed by atoms with Crippen LogP contribution in [0.5, 0.6) is 0 Å². The molecule has 0 saturated carbocycles. The highest BCUT2D eigenvalue weighted by molar-refractivity contribution is 7.13. The Bertz CT molecular complexity index is 975. The number of nitrogens with zero attached hydrogens (tertiary/aromatic N) is 3. The van der Waals surface area contributed by atoms with Crippen molar-refractivity contribution in [3.05, 3.63) is 70.7 Å². The van der Waals surface area contributed by atoms with E-state index < -0.39 is 0 Å². The van der Waals surface area contributed by atoms with Crippen molar-refractivity contribution in [1.82, 2.24) is 15.2 Å². The lowest BCUT2D eigenvalue weighted by Crippen LogP contribution is -2.45. The minimum absolute atomic E-state index is 0.0555. The fourth-order valence-electron chi connectivity index (χ4n) is 3.54. The molecular formula is C23H26N4OS. The van der Waals surface area contributed by atoms with Gasteiger partial charge in [-0.15, -0.1) is 11.3 Å². The number of piperazine rings is 1. The topological polar surface area (TPSA) is 48.5 Å². The van der Waals surface area contributed by atoms with Gasteiger partial charge in [-0.1, -0.05) is 30.3 Å². The van der Waals surface area contributed by atoms with Crippen molar-refractivity contribution < 1.29 is 4.79 Å². The van der Waals surface area contributed by atoms with Crippen molar-refractivity contribution in [1.29, 1.82) is 0 Å². The molecule has 4 rings (SSSR count). The number of likely N-dealkylation sites (N-methyl/N-ethyl adjacent to an activating group) is 1. The second kappa shape index (κ2) is 8.76. The minimum atomic E-state index is -0.0555. The Hall–Kier alpha value is -2.70. The van der Waals surface area contributed by atoms with Crippen LogP contribution in [-0.2, 0) is 6.54 Å². The Balaban J connectivity index is 1.41. The van der Waals surface area contributed by atoms with Crippen LogP contribution in [0.4, 0.5) is 5.69 Å². The fraction of sp³-hybridized carbons (Fsp3) is 0.304. The zero-order valence-corrected chi connectivity index (χ0v) is 17.7. The van der Waals surface area contributed by atoms with E-state index in [1.54, 1.807) is 11.3 Å². The van der Waals surface area contributed by atoms with Crippen molar-refractivity contribution in [2.45, 2.75) is 13.5 Å². The standard InChI is InChI=1S/C23H26N4OS/c1-17-16-29-23(25-17)19-9-7-18(8-10-19)22(28)24-15-20-5-3-4-6-21(20)27-13-11-26(2)12-14-27/h3-10,16H,11-15H2,1-2H3,(H,24,28). The lowest BCUT2D eigenvalue weighted by molar-refractivity contribution is 0.0951. The Kier molecular flexibility index (Phi) is 5.92. The Morgan fingerprint density at radius 1 is 1.07 bits per heavy atom. The highest BCUT2D eigenvalue weighted by Crippen LogP contribution is 2.24. The van der Waals surface area contributed by atoms with E-state index in [0.29, 0.717) is 12.1 Å². The fourth-order valence-corrected chi connectivity index (χ4v) is 4.35. The summed E-state index contributed by atoms with van der Waals surface area (Å²) in [6.45, 7) is 6.66. The van der Waals surface area contributed by atoms with Crippen LogP contribution in [0.25, 0.3) is 10.6 Å².